The molecular weight excluding hydrogens is 452 g/mol. The summed E-state index contributed by atoms with van der Waals surface area (Å²) < 4.78 is 0. The Morgan fingerprint density at radius 3 is 2.25 bits per heavy atom. The van der Waals surface area contributed by atoms with Gasteiger partial charge in [-0.25, -0.2) is 0 Å². The molecule has 3 N–H and O–H groups in total. The molecule has 186 valence electrons. The second-order valence-corrected chi connectivity index (χ2v) is 9.31. The molecule has 0 aliphatic carbocycles. The quantitative estimate of drug-likeness (QED) is 0.446. The van der Waals surface area contributed by atoms with E-state index in [1.54, 1.807) is 6.92 Å². The molecule has 0 bridgehead atoms. The van der Waals surface area contributed by atoms with E-state index in [4.69, 9.17) is 0 Å². The summed E-state index contributed by atoms with van der Waals surface area (Å²) in [6, 6.07) is 22.0. The van der Waals surface area contributed by atoms with Crippen molar-refractivity contribution in [2.75, 3.05) is 15.5 Å². The van der Waals surface area contributed by atoms with Gasteiger partial charge in [0.25, 0.3) is 0 Å². The highest BCUT2D eigenvalue weighted by atomic mass is 16.2. The summed E-state index contributed by atoms with van der Waals surface area (Å²) in [5.74, 6) is -0.153. The molecule has 1 aliphatic rings. The number of nitrogens with zero attached hydrogens (tertiary/aromatic N) is 1. The zero-order valence-corrected chi connectivity index (χ0v) is 21.1. The fourth-order valence-corrected chi connectivity index (χ4v) is 4.79. The Balaban J connectivity index is 1.66. The van der Waals surface area contributed by atoms with Gasteiger partial charge >= 0.3 is 0 Å². The Labute approximate surface area is 211 Å². The van der Waals surface area contributed by atoms with Crippen molar-refractivity contribution in [1.82, 2.24) is 5.32 Å². The van der Waals surface area contributed by atoms with Crippen molar-refractivity contribution >= 4 is 34.8 Å². The van der Waals surface area contributed by atoms with Gasteiger partial charge < -0.3 is 20.9 Å². The molecule has 0 aromatic heterocycles. The van der Waals surface area contributed by atoms with Crippen molar-refractivity contribution in [3.8, 4) is 11.1 Å². The summed E-state index contributed by atoms with van der Waals surface area (Å²) in [4.78, 5) is 37.1. The van der Waals surface area contributed by atoms with E-state index in [9.17, 15) is 14.4 Å². The van der Waals surface area contributed by atoms with Crippen LogP contribution in [0.4, 0.5) is 17.1 Å². The van der Waals surface area contributed by atoms with E-state index in [1.165, 1.54) is 13.8 Å². The van der Waals surface area contributed by atoms with E-state index in [1.807, 2.05) is 65.6 Å². The monoisotopic (exact) mass is 484 g/mol. The van der Waals surface area contributed by atoms with E-state index in [2.05, 4.69) is 28.9 Å². The van der Waals surface area contributed by atoms with Crippen molar-refractivity contribution < 1.29 is 14.4 Å². The zero-order chi connectivity index (χ0) is 25.8. The number of nitrogens with one attached hydrogen (secondary N) is 3. The Bertz CT molecular complexity index is 1290. The molecule has 0 spiro atoms. The molecule has 4 rings (SSSR count). The lowest BCUT2D eigenvalue weighted by Gasteiger charge is -2.39. The standard InChI is InChI=1S/C29H32N4O3/c1-18-14-28(32-25-11-8-22(9-12-25)17-30-19(2)34)27-16-24(10-13-29(27)33(18)21(4)36)23-6-5-7-26(15-23)31-20(3)35/h5-13,15-16,18,28,32H,14,17H2,1-4H3,(H,30,34)(H,31,35)/t18-,28+/m0/s1. The smallest absolute Gasteiger partial charge is 0.224 e. The average Bonchev–Trinajstić information content (AvgIpc) is 2.83. The molecule has 3 aromatic rings. The summed E-state index contributed by atoms with van der Waals surface area (Å²) in [7, 11) is 0. The van der Waals surface area contributed by atoms with Gasteiger partial charge in [-0.2, -0.15) is 0 Å². The third-order valence-corrected chi connectivity index (χ3v) is 6.37. The van der Waals surface area contributed by atoms with Gasteiger partial charge in [-0.15, -0.1) is 0 Å². The molecule has 36 heavy (non-hydrogen) atoms. The molecule has 1 aliphatic heterocycles. The average molecular weight is 485 g/mol. The number of hydrogen-bond acceptors (Lipinski definition) is 4. The zero-order valence-electron chi connectivity index (χ0n) is 21.1. The molecule has 1 heterocycles. The maximum absolute atomic E-state index is 12.5. The van der Waals surface area contributed by atoms with Crippen LogP contribution >= 0.6 is 0 Å². The normalized spacial score (nSPS) is 16.6. The van der Waals surface area contributed by atoms with Crippen molar-refractivity contribution in [3.63, 3.8) is 0 Å². The number of fused-ring (bicyclic) bond motifs is 1. The van der Waals surface area contributed by atoms with E-state index in [0.29, 0.717) is 6.54 Å². The Hall–Kier alpha value is -4.13. The predicted molar refractivity (Wildman–Crippen MR) is 144 cm³/mol. The molecular formula is C29H32N4O3. The second-order valence-electron chi connectivity index (χ2n) is 9.31. The van der Waals surface area contributed by atoms with Gasteiger partial charge in [0.15, 0.2) is 0 Å². The highest BCUT2D eigenvalue weighted by Gasteiger charge is 2.32. The maximum atomic E-state index is 12.5. The minimum Gasteiger partial charge on any atom is -0.378 e. The third-order valence-electron chi connectivity index (χ3n) is 6.37. The molecule has 0 saturated heterocycles. The highest BCUT2D eigenvalue weighted by Crippen LogP contribution is 2.41. The molecule has 3 amide bonds. The van der Waals surface area contributed by atoms with Crippen molar-refractivity contribution in [3.05, 3.63) is 77.9 Å². The van der Waals surface area contributed by atoms with Crippen LogP contribution in [0.1, 0.15) is 51.3 Å². The van der Waals surface area contributed by atoms with E-state index in [0.717, 1.165) is 45.7 Å². The number of rotatable bonds is 6. The molecule has 7 nitrogen and oxygen atoms in total. The first-order valence-corrected chi connectivity index (χ1v) is 12.1. The van der Waals surface area contributed by atoms with Gasteiger partial charge in [-0.3, -0.25) is 14.4 Å². The topological polar surface area (TPSA) is 90.5 Å². The van der Waals surface area contributed by atoms with Crippen molar-refractivity contribution in [1.29, 1.82) is 0 Å². The molecule has 7 heteroatoms. The number of benzene rings is 3. The van der Waals surface area contributed by atoms with Gasteiger partial charge in [-0.05, 0) is 72.0 Å². The van der Waals surface area contributed by atoms with E-state index in [-0.39, 0.29) is 29.8 Å². The van der Waals surface area contributed by atoms with Crippen molar-refractivity contribution in [2.24, 2.45) is 0 Å². The van der Waals surface area contributed by atoms with Gasteiger partial charge in [-0.1, -0.05) is 30.3 Å². The van der Waals surface area contributed by atoms with E-state index >= 15 is 0 Å². The van der Waals surface area contributed by atoms with Crippen LogP contribution in [0.5, 0.6) is 0 Å². The number of carbonyl (C=O) groups excluding carboxylic acids is 3. The molecule has 0 saturated carbocycles. The van der Waals surface area contributed by atoms with Crippen LogP contribution in [0.15, 0.2) is 66.7 Å². The molecule has 2 atom stereocenters. The number of anilines is 3. The van der Waals surface area contributed by atoms with Gasteiger partial charge in [0.2, 0.25) is 17.7 Å². The lowest BCUT2D eigenvalue weighted by atomic mass is 9.88. The van der Waals surface area contributed by atoms with Crippen LogP contribution in [0.25, 0.3) is 11.1 Å². The first kappa shape index (κ1) is 25.0. The lowest BCUT2D eigenvalue weighted by molar-refractivity contribution is -0.119. The van der Waals surface area contributed by atoms with E-state index < -0.39 is 0 Å². The van der Waals surface area contributed by atoms with Gasteiger partial charge in [0.05, 0.1) is 6.04 Å². The number of amides is 3. The van der Waals surface area contributed by atoms with Crippen molar-refractivity contribution in [2.45, 2.75) is 52.7 Å². The summed E-state index contributed by atoms with van der Waals surface area (Å²) in [5, 5.41) is 9.30. The minimum absolute atomic E-state index is 0.00488. The number of carbonyl (C=O) groups is 3. The minimum atomic E-state index is -0.115. The maximum Gasteiger partial charge on any atom is 0.224 e. The Kier molecular flexibility index (Phi) is 7.38. The molecule has 3 aromatic carbocycles. The van der Waals surface area contributed by atoms with Crippen LogP contribution in [-0.2, 0) is 20.9 Å². The fraction of sp³-hybridized carbons (Fsp3) is 0.276. The molecule has 0 unspecified atom stereocenters. The first-order valence-electron chi connectivity index (χ1n) is 12.1. The third kappa shape index (κ3) is 5.74. The van der Waals surface area contributed by atoms with Crippen LogP contribution < -0.4 is 20.9 Å². The summed E-state index contributed by atoms with van der Waals surface area (Å²) in [5.41, 5.74) is 6.69. The predicted octanol–water partition coefficient (Wildman–Crippen LogP) is 5.25. The Morgan fingerprint density at radius 2 is 1.58 bits per heavy atom. The highest BCUT2D eigenvalue weighted by molar-refractivity contribution is 5.94. The molecule has 0 radical (unpaired) electrons. The Morgan fingerprint density at radius 1 is 0.861 bits per heavy atom. The van der Waals surface area contributed by atoms with Crippen LogP contribution in [0.3, 0.4) is 0 Å². The first-order chi connectivity index (χ1) is 17.2. The summed E-state index contributed by atoms with van der Waals surface area (Å²) >= 11 is 0. The van der Waals surface area contributed by atoms with Gasteiger partial charge in [0, 0.05) is 50.4 Å². The SMILES string of the molecule is CC(=O)NCc1ccc(N[C@@H]2C[C@H](C)N(C(C)=O)c3ccc(-c4cccc(NC(C)=O)c4)cc32)cc1. The lowest BCUT2D eigenvalue weighted by Crippen LogP contribution is -2.43. The molecule has 0 fully saturated rings. The largest absolute Gasteiger partial charge is 0.378 e. The van der Waals surface area contributed by atoms with Crippen LogP contribution in [-0.4, -0.2) is 23.8 Å². The summed E-state index contributed by atoms with van der Waals surface area (Å²) in [6.07, 6.45) is 0.760. The van der Waals surface area contributed by atoms with Crippen LogP contribution in [0, 0.1) is 0 Å². The van der Waals surface area contributed by atoms with Crippen LogP contribution in [0.2, 0.25) is 0 Å². The number of hydrogen-bond donors (Lipinski definition) is 3. The summed E-state index contributed by atoms with van der Waals surface area (Å²) in [6.45, 7) is 7.17. The second kappa shape index (κ2) is 10.6. The fourth-order valence-electron chi connectivity index (χ4n) is 4.79. The van der Waals surface area contributed by atoms with Gasteiger partial charge in [0.1, 0.15) is 0 Å².